The quantitative estimate of drug-likeness (QED) is 0.579. The molecule has 0 unspecified atom stereocenters. The maximum atomic E-state index is 12.7. The Hall–Kier alpha value is -2.26. The van der Waals surface area contributed by atoms with Gasteiger partial charge in [0.15, 0.2) is 0 Å². The highest BCUT2D eigenvalue weighted by atomic mass is 32.2. The van der Waals surface area contributed by atoms with E-state index in [9.17, 15) is 13.2 Å². The van der Waals surface area contributed by atoms with Crippen LogP contribution in [0.4, 0.5) is 5.69 Å². The van der Waals surface area contributed by atoms with Gasteiger partial charge >= 0.3 is 0 Å². The molecular formula is C23H31N3O4S. The molecule has 0 aliphatic carbocycles. The van der Waals surface area contributed by atoms with Crippen molar-refractivity contribution in [2.45, 2.75) is 37.7 Å². The van der Waals surface area contributed by atoms with Crippen molar-refractivity contribution in [3.05, 3.63) is 59.7 Å². The van der Waals surface area contributed by atoms with E-state index in [4.69, 9.17) is 4.74 Å². The van der Waals surface area contributed by atoms with Crippen molar-refractivity contribution in [2.75, 3.05) is 38.1 Å². The van der Waals surface area contributed by atoms with Gasteiger partial charge in [-0.1, -0.05) is 37.3 Å². The molecule has 31 heavy (non-hydrogen) atoms. The third kappa shape index (κ3) is 6.61. The van der Waals surface area contributed by atoms with Crippen LogP contribution in [0, 0.1) is 6.92 Å². The molecule has 0 radical (unpaired) electrons. The number of nitrogens with one attached hydrogen (secondary N) is 2. The van der Waals surface area contributed by atoms with Crippen molar-refractivity contribution < 1.29 is 17.9 Å². The summed E-state index contributed by atoms with van der Waals surface area (Å²) in [7, 11) is -3.60. The van der Waals surface area contributed by atoms with E-state index >= 15 is 0 Å². The summed E-state index contributed by atoms with van der Waals surface area (Å²) >= 11 is 0. The monoisotopic (exact) mass is 445 g/mol. The molecular weight excluding hydrogens is 414 g/mol. The van der Waals surface area contributed by atoms with Crippen molar-refractivity contribution in [1.29, 1.82) is 0 Å². The Morgan fingerprint density at radius 2 is 1.97 bits per heavy atom. The predicted octanol–water partition coefficient (Wildman–Crippen LogP) is 3.09. The van der Waals surface area contributed by atoms with Crippen LogP contribution in [0.3, 0.4) is 0 Å². The molecule has 1 fully saturated rings. The Labute approximate surface area is 184 Å². The maximum Gasteiger partial charge on any atom is 0.240 e. The molecule has 0 aromatic heterocycles. The first-order chi connectivity index (χ1) is 14.9. The van der Waals surface area contributed by atoms with Gasteiger partial charge < -0.3 is 10.1 Å². The number of anilines is 1. The average molecular weight is 446 g/mol. The SMILES string of the molecule is CCC(=O)Nc1ccc(S(=O)(=O)NCCCN2CCO[C@@H](c3ccccc3)C2)c(C)c1. The highest BCUT2D eigenvalue weighted by molar-refractivity contribution is 7.89. The Morgan fingerprint density at radius 1 is 1.19 bits per heavy atom. The molecule has 1 atom stereocenters. The van der Waals surface area contributed by atoms with E-state index in [0.717, 1.165) is 19.6 Å². The standard InChI is InChI=1S/C23H31N3O4S/c1-3-23(27)25-20-10-11-22(18(2)16-20)31(28,29)24-12-7-13-26-14-15-30-21(17-26)19-8-5-4-6-9-19/h4-6,8-11,16,21,24H,3,7,12-15,17H2,1-2H3,(H,25,27)/t21-/m1/s1. The number of morpholine rings is 1. The Bertz CT molecular complexity index is 980. The normalized spacial score (nSPS) is 17.4. The fraction of sp³-hybridized carbons (Fsp3) is 0.435. The molecule has 0 spiro atoms. The molecule has 2 N–H and O–H groups in total. The lowest BCUT2D eigenvalue weighted by Crippen LogP contribution is -2.39. The van der Waals surface area contributed by atoms with Crippen LogP contribution in [0.25, 0.3) is 0 Å². The van der Waals surface area contributed by atoms with Crippen molar-refractivity contribution in [2.24, 2.45) is 0 Å². The fourth-order valence-corrected chi connectivity index (χ4v) is 4.94. The summed E-state index contributed by atoms with van der Waals surface area (Å²) in [4.78, 5) is 14.1. The van der Waals surface area contributed by atoms with E-state index < -0.39 is 10.0 Å². The largest absolute Gasteiger partial charge is 0.371 e. The second-order valence-electron chi connectivity index (χ2n) is 7.70. The minimum Gasteiger partial charge on any atom is -0.371 e. The lowest BCUT2D eigenvalue weighted by Gasteiger charge is -2.33. The number of aryl methyl sites for hydroxylation is 1. The lowest BCUT2D eigenvalue weighted by molar-refractivity contribution is -0.115. The first-order valence-electron chi connectivity index (χ1n) is 10.7. The summed E-state index contributed by atoms with van der Waals surface area (Å²) in [6.07, 6.45) is 1.14. The van der Waals surface area contributed by atoms with Gasteiger partial charge in [0.25, 0.3) is 0 Å². The molecule has 1 heterocycles. The Morgan fingerprint density at radius 3 is 2.68 bits per heavy atom. The summed E-state index contributed by atoms with van der Waals surface area (Å²) in [5.74, 6) is -0.106. The molecule has 8 heteroatoms. The van der Waals surface area contributed by atoms with Crippen LogP contribution in [-0.4, -0.2) is 52.0 Å². The molecule has 1 aliphatic heterocycles. The maximum absolute atomic E-state index is 12.7. The van der Waals surface area contributed by atoms with Gasteiger partial charge in [-0.25, -0.2) is 13.1 Å². The minimum atomic E-state index is -3.60. The summed E-state index contributed by atoms with van der Waals surface area (Å²) in [6, 6.07) is 15.0. The van der Waals surface area contributed by atoms with Gasteiger partial charge in [-0.05, 0) is 49.2 Å². The zero-order valence-electron chi connectivity index (χ0n) is 18.1. The smallest absolute Gasteiger partial charge is 0.240 e. The summed E-state index contributed by atoms with van der Waals surface area (Å²) in [5, 5.41) is 2.75. The van der Waals surface area contributed by atoms with Crippen molar-refractivity contribution in [1.82, 2.24) is 9.62 Å². The van der Waals surface area contributed by atoms with Gasteiger partial charge in [0.1, 0.15) is 0 Å². The van der Waals surface area contributed by atoms with Crippen LogP contribution < -0.4 is 10.0 Å². The van der Waals surface area contributed by atoms with Crippen LogP contribution in [0.5, 0.6) is 0 Å². The number of hydrogen-bond acceptors (Lipinski definition) is 5. The third-order valence-corrected chi connectivity index (χ3v) is 6.96. The number of hydrogen-bond donors (Lipinski definition) is 2. The van der Waals surface area contributed by atoms with Gasteiger partial charge in [0.05, 0.1) is 17.6 Å². The second kappa shape index (κ2) is 10.9. The van der Waals surface area contributed by atoms with Gasteiger partial charge in [-0.2, -0.15) is 0 Å². The van der Waals surface area contributed by atoms with Crippen LogP contribution in [0.15, 0.2) is 53.4 Å². The van der Waals surface area contributed by atoms with Gasteiger partial charge in [-0.15, -0.1) is 0 Å². The molecule has 1 aliphatic rings. The van der Waals surface area contributed by atoms with E-state index in [2.05, 4.69) is 27.1 Å². The molecule has 3 rings (SSSR count). The van der Waals surface area contributed by atoms with Gasteiger partial charge in [0.2, 0.25) is 15.9 Å². The molecule has 0 bridgehead atoms. The number of carbonyl (C=O) groups excluding carboxylic acids is 1. The molecule has 0 saturated carbocycles. The number of nitrogens with zero attached hydrogens (tertiary/aromatic N) is 1. The zero-order chi connectivity index (χ0) is 22.3. The van der Waals surface area contributed by atoms with Crippen LogP contribution in [0.2, 0.25) is 0 Å². The number of amides is 1. The summed E-state index contributed by atoms with van der Waals surface area (Å²) < 4.78 is 34.0. The van der Waals surface area contributed by atoms with E-state index in [1.807, 2.05) is 18.2 Å². The number of carbonyl (C=O) groups is 1. The second-order valence-corrected chi connectivity index (χ2v) is 9.44. The van der Waals surface area contributed by atoms with Gasteiger partial charge in [-0.3, -0.25) is 9.69 Å². The van der Waals surface area contributed by atoms with Gasteiger partial charge in [0, 0.05) is 31.7 Å². The zero-order valence-corrected chi connectivity index (χ0v) is 19.0. The number of sulfonamides is 1. The predicted molar refractivity (Wildman–Crippen MR) is 121 cm³/mol. The summed E-state index contributed by atoms with van der Waals surface area (Å²) in [6.45, 7) is 6.99. The Balaban J connectivity index is 1.49. The van der Waals surface area contributed by atoms with Crippen LogP contribution in [0.1, 0.15) is 37.0 Å². The van der Waals surface area contributed by atoms with E-state index in [1.54, 1.807) is 26.0 Å². The van der Waals surface area contributed by atoms with E-state index in [0.29, 0.717) is 37.2 Å². The molecule has 7 nitrogen and oxygen atoms in total. The highest BCUT2D eigenvalue weighted by Gasteiger charge is 2.22. The van der Waals surface area contributed by atoms with Crippen molar-refractivity contribution in [3.63, 3.8) is 0 Å². The van der Waals surface area contributed by atoms with Crippen LogP contribution in [-0.2, 0) is 19.6 Å². The minimum absolute atomic E-state index is 0.0565. The highest BCUT2D eigenvalue weighted by Crippen LogP contribution is 2.22. The van der Waals surface area contributed by atoms with Crippen molar-refractivity contribution >= 4 is 21.6 Å². The molecule has 1 amide bonds. The molecule has 168 valence electrons. The number of benzene rings is 2. The fourth-order valence-electron chi connectivity index (χ4n) is 3.64. The van der Waals surface area contributed by atoms with E-state index in [-0.39, 0.29) is 16.9 Å². The third-order valence-electron chi connectivity index (χ3n) is 5.33. The number of rotatable bonds is 9. The average Bonchev–Trinajstić information content (AvgIpc) is 2.77. The molecule has 2 aromatic rings. The Kier molecular flexibility index (Phi) is 8.20. The lowest BCUT2D eigenvalue weighted by atomic mass is 10.1. The van der Waals surface area contributed by atoms with E-state index in [1.165, 1.54) is 11.6 Å². The van der Waals surface area contributed by atoms with Crippen molar-refractivity contribution in [3.8, 4) is 0 Å². The topological polar surface area (TPSA) is 87.7 Å². The first kappa shape index (κ1) is 23.4. The first-order valence-corrected chi connectivity index (χ1v) is 12.2. The molecule has 2 aromatic carbocycles. The van der Waals surface area contributed by atoms with Crippen LogP contribution >= 0.6 is 0 Å². The summed E-state index contributed by atoms with van der Waals surface area (Å²) in [5.41, 5.74) is 2.37. The molecule has 1 saturated heterocycles. The number of ether oxygens (including phenoxy) is 1.